The smallest absolute Gasteiger partial charge is 0.254 e. The molecule has 3 fully saturated rings. The lowest BCUT2D eigenvalue weighted by molar-refractivity contribution is -0.152. The normalized spacial score (nSPS) is 28.4. The number of benzene rings is 1. The van der Waals surface area contributed by atoms with Crippen molar-refractivity contribution < 1.29 is 9.59 Å². The van der Waals surface area contributed by atoms with Crippen LogP contribution in [0.1, 0.15) is 55.8 Å². The molecule has 1 N–H and O–H groups in total. The van der Waals surface area contributed by atoms with E-state index in [4.69, 9.17) is 0 Å². The molecule has 2 bridgehead atoms. The molecule has 3 aliphatic rings. The maximum atomic E-state index is 13.6. The summed E-state index contributed by atoms with van der Waals surface area (Å²) in [6.45, 7) is 3.60. The Morgan fingerprint density at radius 1 is 1.23 bits per heavy atom. The minimum atomic E-state index is 0.0240. The Kier molecular flexibility index (Phi) is 5.00. The fourth-order valence-electron chi connectivity index (χ4n) is 5.92. The van der Waals surface area contributed by atoms with Crippen LogP contribution in [0.2, 0.25) is 0 Å². The van der Waals surface area contributed by atoms with E-state index in [1.807, 2.05) is 29.2 Å². The number of hydrogen-bond donors (Lipinski definition) is 1. The lowest BCUT2D eigenvalue weighted by Crippen LogP contribution is -2.65. The number of hydrogen-bond acceptors (Lipinski definition) is 5. The molecule has 3 saturated heterocycles. The van der Waals surface area contributed by atoms with Crippen LogP contribution in [0.4, 0.5) is 0 Å². The first-order chi connectivity index (χ1) is 14.7. The molecule has 8 nitrogen and oxygen atoms in total. The van der Waals surface area contributed by atoms with Crippen LogP contribution in [0.3, 0.4) is 0 Å². The van der Waals surface area contributed by atoms with Crippen LogP contribution < -0.4 is 0 Å². The lowest BCUT2D eigenvalue weighted by Gasteiger charge is -2.56. The number of carbonyl (C=O) groups is 2. The number of fused-ring (bicyclic) bond motifs is 4. The number of nitrogens with zero attached hydrogens (tertiary/aromatic N) is 5. The zero-order chi connectivity index (χ0) is 20.7. The van der Waals surface area contributed by atoms with Gasteiger partial charge in [0.15, 0.2) is 0 Å². The highest BCUT2D eigenvalue weighted by molar-refractivity contribution is 6.00. The summed E-state index contributed by atoms with van der Waals surface area (Å²) in [4.78, 5) is 30.6. The van der Waals surface area contributed by atoms with Gasteiger partial charge in [-0.3, -0.25) is 9.59 Å². The quantitative estimate of drug-likeness (QED) is 0.839. The largest absolute Gasteiger partial charge is 0.338 e. The maximum absolute atomic E-state index is 13.6. The van der Waals surface area contributed by atoms with Gasteiger partial charge < -0.3 is 9.80 Å². The minimum absolute atomic E-state index is 0.0240. The number of amides is 2. The third-order valence-electron chi connectivity index (χ3n) is 7.11. The Balaban J connectivity index is 1.44. The molecule has 1 aromatic carbocycles. The molecule has 0 radical (unpaired) electrons. The number of carbonyl (C=O) groups excluding carboxylic acids is 2. The van der Waals surface area contributed by atoms with Crippen LogP contribution in [-0.4, -0.2) is 67.4 Å². The second-order valence-electron chi connectivity index (χ2n) is 8.86. The molecule has 4 heterocycles. The first-order valence-corrected chi connectivity index (χ1v) is 11.1. The Hall–Kier alpha value is -2.77. The molecule has 5 rings (SSSR count). The van der Waals surface area contributed by atoms with Gasteiger partial charge in [-0.2, -0.15) is 5.21 Å². The Morgan fingerprint density at radius 3 is 2.87 bits per heavy atom. The molecule has 30 heavy (non-hydrogen) atoms. The summed E-state index contributed by atoms with van der Waals surface area (Å²) in [7, 11) is 0. The van der Waals surface area contributed by atoms with E-state index in [0.29, 0.717) is 54.2 Å². The van der Waals surface area contributed by atoms with Gasteiger partial charge in [-0.05, 0) is 48.8 Å². The SMILES string of the molecule is CCC[C@H]1[C@H]2C[C@H](CN(C(=O)c3ccccc3-c3nn[nH]n3)C2)[C@@H]2CCCC(=O)N21. The number of aromatic nitrogens is 4. The number of aromatic amines is 1. The predicted octanol–water partition coefficient (Wildman–Crippen LogP) is 2.51. The van der Waals surface area contributed by atoms with Crippen LogP contribution in [0, 0.1) is 11.8 Å². The molecule has 8 heteroatoms. The minimum Gasteiger partial charge on any atom is -0.338 e. The van der Waals surface area contributed by atoms with Gasteiger partial charge in [0.2, 0.25) is 11.7 Å². The van der Waals surface area contributed by atoms with Gasteiger partial charge in [0.05, 0.1) is 5.56 Å². The molecule has 0 saturated carbocycles. The summed E-state index contributed by atoms with van der Waals surface area (Å²) in [5.74, 6) is 1.49. The average Bonchev–Trinajstić information content (AvgIpc) is 3.31. The first-order valence-electron chi connectivity index (χ1n) is 11.1. The summed E-state index contributed by atoms with van der Waals surface area (Å²) in [6, 6.07) is 8.01. The molecular weight excluding hydrogens is 380 g/mol. The molecule has 1 aromatic heterocycles. The second-order valence-corrected chi connectivity index (χ2v) is 8.86. The molecule has 0 spiro atoms. The molecule has 0 unspecified atom stereocenters. The average molecular weight is 409 g/mol. The van der Waals surface area contributed by atoms with E-state index in [1.165, 1.54) is 0 Å². The highest BCUT2D eigenvalue weighted by Gasteiger charge is 2.49. The van der Waals surface area contributed by atoms with Crippen LogP contribution >= 0.6 is 0 Å². The van der Waals surface area contributed by atoms with E-state index in [1.54, 1.807) is 0 Å². The third-order valence-corrected chi connectivity index (χ3v) is 7.11. The fourth-order valence-corrected chi connectivity index (χ4v) is 5.92. The highest BCUT2D eigenvalue weighted by Crippen LogP contribution is 2.43. The van der Waals surface area contributed by atoms with Crippen molar-refractivity contribution in [3.63, 3.8) is 0 Å². The Labute approximate surface area is 176 Å². The Morgan fingerprint density at radius 2 is 2.07 bits per heavy atom. The summed E-state index contributed by atoms with van der Waals surface area (Å²) < 4.78 is 0. The van der Waals surface area contributed by atoms with Gasteiger partial charge in [0.1, 0.15) is 0 Å². The molecular formula is C22H28N6O2. The van der Waals surface area contributed by atoms with Crippen LogP contribution in [-0.2, 0) is 4.79 Å². The van der Waals surface area contributed by atoms with Gasteiger partial charge in [-0.1, -0.05) is 31.5 Å². The zero-order valence-electron chi connectivity index (χ0n) is 17.3. The van der Waals surface area contributed by atoms with E-state index in [0.717, 1.165) is 32.1 Å². The van der Waals surface area contributed by atoms with Gasteiger partial charge in [0, 0.05) is 37.2 Å². The van der Waals surface area contributed by atoms with Crippen molar-refractivity contribution in [2.45, 2.75) is 57.5 Å². The van der Waals surface area contributed by atoms with E-state index in [9.17, 15) is 9.59 Å². The topological polar surface area (TPSA) is 95.1 Å². The highest BCUT2D eigenvalue weighted by atomic mass is 16.2. The molecule has 2 aromatic rings. The molecule has 158 valence electrons. The number of tetrazole rings is 1. The van der Waals surface area contributed by atoms with E-state index in [2.05, 4.69) is 32.4 Å². The molecule has 0 aliphatic carbocycles. The van der Waals surface area contributed by atoms with Gasteiger partial charge in [-0.15, -0.1) is 10.2 Å². The van der Waals surface area contributed by atoms with Crippen LogP contribution in [0.25, 0.3) is 11.4 Å². The summed E-state index contributed by atoms with van der Waals surface area (Å²) in [5, 5.41) is 14.2. The third kappa shape index (κ3) is 3.18. The van der Waals surface area contributed by atoms with E-state index >= 15 is 0 Å². The fraction of sp³-hybridized carbons (Fsp3) is 0.591. The van der Waals surface area contributed by atoms with Crippen molar-refractivity contribution in [3.05, 3.63) is 29.8 Å². The molecule has 2 amide bonds. The van der Waals surface area contributed by atoms with Crippen molar-refractivity contribution in [1.82, 2.24) is 30.4 Å². The standard InChI is InChI=1S/C22H28N6O2/c1-2-6-18-14-11-15(19-9-5-10-20(29)28(18)19)13-27(12-14)22(30)17-8-4-3-7-16(17)21-23-25-26-24-21/h3-4,7-8,14-15,18-19H,2,5-6,9-13H2,1H3,(H,23,24,25,26)/t14-,15+,18-,19-/m0/s1. The van der Waals surface area contributed by atoms with Crippen molar-refractivity contribution in [3.8, 4) is 11.4 Å². The van der Waals surface area contributed by atoms with Crippen LogP contribution in [0.5, 0.6) is 0 Å². The maximum Gasteiger partial charge on any atom is 0.254 e. The molecule has 3 aliphatic heterocycles. The van der Waals surface area contributed by atoms with Crippen molar-refractivity contribution in [1.29, 1.82) is 0 Å². The number of nitrogens with one attached hydrogen (secondary N) is 1. The Bertz CT molecular complexity index is 929. The number of rotatable bonds is 4. The van der Waals surface area contributed by atoms with Gasteiger partial charge >= 0.3 is 0 Å². The second kappa shape index (κ2) is 7.81. The number of H-pyrrole nitrogens is 1. The van der Waals surface area contributed by atoms with Crippen molar-refractivity contribution in [2.24, 2.45) is 11.8 Å². The summed E-state index contributed by atoms with van der Waals surface area (Å²) >= 11 is 0. The number of piperidine rings is 3. The first kappa shape index (κ1) is 19.2. The van der Waals surface area contributed by atoms with Gasteiger partial charge in [-0.25, -0.2) is 0 Å². The zero-order valence-corrected chi connectivity index (χ0v) is 17.3. The van der Waals surface area contributed by atoms with Crippen molar-refractivity contribution in [2.75, 3.05) is 13.1 Å². The monoisotopic (exact) mass is 408 g/mol. The molecule has 4 atom stereocenters. The van der Waals surface area contributed by atoms with E-state index < -0.39 is 0 Å². The summed E-state index contributed by atoms with van der Waals surface area (Å²) in [6.07, 6.45) is 5.89. The summed E-state index contributed by atoms with van der Waals surface area (Å²) in [5.41, 5.74) is 1.31. The predicted molar refractivity (Wildman–Crippen MR) is 110 cm³/mol. The van der Waals surface area contributed by atoms with Crippen molar-refractivity contribution >= 4 is 11.8 Å². The van der Waals surface area contributed by atoms with Gasteiger partial charge in [0.25, 0.3) is 5.91 Å². The number of likely N-dealkylation sites (tertiary alicyclic amines) is 1. The van der Waals surface area contributed by atoms with E-state index in [-0.39, 0.29) is 18.0 Å². The van der Waals surface area contributed by atoms with Crippen LogP contribution in [0.15, 0.2) is 24.3 Å². The lowest BCUT2D eigenvalue weighted by atomic mass is 9.71.